The van der Waals surface area contributed by atoms with Gasteiger partial charge in [-0.3, -0.25) is 4.79 Å². The van der Waals surface area contributed by atoms with Gasteiger partial charge in [-0.05, 0) is 29.3 Å². The number of carbonyl (C=O) groups is 1. The predicted octanol–water partition coefficient (Wildman–Crippen LogP) is 4.72. The van der Waals surface area contributed by atoms with Gasteiger partial charge in [0.1, 0.15) is 0 Å². The summed E-state index contributed by atoms with van der Waals surface area (Å²) in [6.07, 6.45) is 3.83. The predicted molar refractivity (Wildman–Crippen MR) is 126 cm³/mol. The first kappa shape index (κ1) is 22.4. The van der Waals surface area contributed by atoms with Crippen LogP contribution >= 0.6 is 0 Å². The number of ether oxygens (including phenoxy) is 2. The number of para-hydroxylation sites is 1. The number of nitrogens with zero attached hydrogens (tertiary/aromatic N) is 3. The first-order valence-electron chi connectivity index (χ1n) is 10.9. The van der Waals surface area contributed by atoms with Crippen LogP contribution in [0, 0.1) is 33.5 Å². The molecule has 6 nitrogen and oxygen atoms in total. The lowest BCUT2D eigenvalue weighted by Crippen LogP contribution is -2.47. The summed E-state index contributed by atoms with van der Waals surface area (Å²) in [5, 5.41) is 20.9. The minimum absolute atomic E-state index is 0.0234. The van der Waals surface area contributed by atoms with Gasteiger partial charge in [0.2, 0.25) is 0 Å². The maximum Gasteiger partial charge on any atom is 0.176 e. The zero-order valence-corrected chi connectivity index (χ0v) is 19.5. The number of methoxy groups -OCH3 is 2. The fourth-order valence-electron chi connectivity index (χ4n) is 5.10. The van der Waals surface area contributed by atoms with Crippen molar-refractivity contribution in [2.75, 3.05) is 19.1 Å². The molecule has 2 aliphatic rings. The second-order valence-corrected chi connectivity index (χ2v) is 9.51. The van der Waals surface area contributed by atoms with E-state index in [0.29, 0.717) is 17.1 Å². The quantitative estimate of drug-likeness (QED) is 0.682. The van der Waals surface area contributed by atoms with E-state index in [1.807, 2.05) is 68.2 Å². The number of hydrogen-bond acceptors (Lipinski definition) is 6. The molecule has 1 saturated heterocycles. The fourth-order valence-corrected chi connectivity index (χ4v) is 5.10. The monoisotopic (exact) mass is 441 g/mol. The second-order valence-electron chi connectivity index (χ2n) is 9.51. The molecule has 168 valence electrons. The average molecular weight is 442 g/mol. The molecule has 0 aliphatic carbocycles. The van der Waals surface area contributed by atoms with E-state index in [1.165, 1.54) is 7.11 Å². The molecule has 0 spiro atoms. The van der Waals surface area contributed by atoms with Crippen molar-refractivity contribution >= 4 is 17.5 Å². The van der Waals surface area contributed by atoms with Gasteiger partial charge in [0.05, 0.1) is 38.4 Å². The summed E-state index contributed by atoms with van der Waals surface area (Å²) in [5.41, 5.74) is 0.346. The van der Waals surface area contributed by atoms with Gasteiger partial charge in [0.15, 0.2) is 22.7 Å². The van der Waals surface area contributed by atoms with Crippen LogP contribution in [-0.2, 0) is 4.79 Å². The Balaban J connectivity index is 2.03. The molecule has 0 amide bonds. The van der Waals surface area contributed by atoms with E-state index >= 15 is 0 Å². The molecule has 2 aromatic rings. The number of ketones is 1. The summed E-state index contributed by atoms with van der Waals surface area (Å²) in [6.45, 7) is 5.63. The van der Waals surface area contributed by atoms with Crippen LogP contribution in [0.1, 0.15) is 37.8 Å². The normalized spacial score (nSPS) is 22.5. The van der Waals surface area contributed by atoms with Gasteiger partial charge in [-0.15, -0.1) is 0 Å². The van der Waals surface area contributed by atoms with Crippen molar-refractivity contribution in [3.8, 4) is 23.6 Å². The molecule has 2 aromatic carbocycles. The van der Waals surface area contributed by atoms with Crippen LogP contribution in [0.3, 0.4) is 0 Å². The molecular formula is C27H27N3O3. The van der Waals surface area contributed by atoms with Crippen LogP contribution in [0.2, 0.25) is 0 Å². The molecule has 3 atom stereocenters. The van der Waals surface area contributed by atoms with Crippen molar-refractivity contribution in [3.05, 3.63) is 59.7 Å². The van der Waals surface area contributed by atoms with Crippen LogP contribution in [0.15, 0.2) is 48.5 Å². The number of hydrogen-bond donors (Lipinski definition) is 0. The molecular weight excluding hydrogens is 414 g/mol. The first-order chi connectivity index (χ1) is 15.7. The molecule has 2 heterocycles. The largest absolute Gasteiger partial charge is 0.493 e. The summed E-state index contributed by atoms with van der Waals surface area (Å²) in [7, 11) is 3.09. The highest BCUT2D eigenvalue weighted by atomic mass is 16.5. The molecule has 4 rings (SSSR count). The highest BCUT2D eigenvalue weighted by Gasteiger charge is 2.64. The molecule has 0 bridgehead atoms. The Kier molecular flexibility index (Phi) is 5.42. The van der Waals surface area contributed by atoms with E-state index < -0.39 is 28.8 Å². The molecule has 1 fully saturated rings. The molecule has 0 N–H and O–H groups in total. The summed E-state index contributed by atoms with van der Waals surface area (Å²) in [6, 6.07) is 16.5. The van der Waals surface area contributed by atoms with E-state index in [4.69, 9.17) is 9.47 Å². The fraction of sp³-hybridized carbons (Fsp3) is 0.370. The number of anilines is 1. The van der Waals surface area contributed by atoms with Gasteiger partial charge in [-0.1, -0.05) is 57.2 Å². The number of Topliss-reactive ketones (excluding diaryl/α,β-unsaturated/α-hetero) is 1. The third kappa shape index (κ3) is 3.26. The van der Waals surface area contributed by atoms with Gasteiger partial charge >= 0.3 is 0 Å². The lowest BCUT2D eigenvalue weighted by Gasteiger charge is -2.37. The number of nitriles is 2. The SMILES string of the molecule is COc1ccc([C@@H]2[C@@H](C(=O)C(C)(C)C)N3c4ccccc4C=C[C@@H]3C2(C#N)C#N)cc1OC. The maximum absolute atomic E-state index is 14.0. The van der Waals surface area contributed by atoms with Gasteiger partial charge in [0.25, 0.3) is 0 Å². The summed E-state index contributed by atoms with van der Waals surface area (Å²) in [4.78, 5) is 16.0. The maximum atomic E-state index is 14.0. The van der Waals surface area contributed by atoms with E-state index in [9.17, 15) is 15.3 Å². The number of carbonyl (C=O) groups excluding carboxylic acids is 1. The standard InChI is InChI=1S/C27H27N3O3/c1-26(2,3)25(31)24-23(18-10-12-20(32-4)21(14-18)33-5)27(15-28,16-29)22-13-11-17-8-6-7-9-19(17)30(22)24/h6-14,22-24H,1-5H3/t22-,23-,24+/m1/s1. The van der Waals surface area contributed by atoms with Crippen LogP contribution < -0.4 is 14.4 Å². The zero-order valence-electron chi connectivity index (χ0n) is 19.5. The number of benzene rings is 2. The van der Waals surface area contributed by atoms with Crippen molar-refractivity contribution < 1.29 is 14.3 Å². The molecule has 33 heavy (non-hydrogen) atoms. The van der Waals surface area contributed by atoms with Gasteiger partial charge in [-0.2, -0.15) is 10.5 Å². The lowest BCUT2D eigenvalue weighted by atomic mass is 9.67. The van der Waals surface area contributed by atoms with Crippen molar-refractivity contribution in [1.82, 2.24) is 0 Å². The Morgan fingerprint density at radius 2 is 1.70 bits per heavy atom. The molecule has 0 radical (unpaired) electrons. The van der Waals surface area contributed by atoms with E-state index in [-0.39, 0.29) is 5.78 Å². The van der Waals surface area contributed by atoms with Crippen LogP contribution in [0.5, 0.6) is 11.5 Å². The summed E-state index contributed by atoms with van der Waals surface area (Å²) in [5.74, 6) is 0.313. The average Bonchev–Trinajstić information content (AvgIpc) is 3.13. The van der Waals surface area contributed by atoms with Crippen molar-refractivity contribution in [3.63, 3.8) is 0 Å². The summed E-state index contributed by atoms with van der Waals surface area (Å²) >= 11 is 0. The van der Waals surface area contributed by atoms with Crippen molar-refractivity contribution in [2.24, 2.45) is 10.8 Å². The second kappa shape index (κ2) is 7.98. The van der Waals surface area contributed by atoms with Gasteiger partial charge in [-0.25, -0.2) is 0 Å². The Morgan fingerprint density at radius 3 is 2.30 bits per heavy atom. The van der Waals surface area contributed by atoms with E-state index in [0.717, 1.165) is 11.3 Å². The Morgan fingerprint density at radius 1 is 1.03 bits per heavy atom. The molecule has 0 saturated carbocycles. The van der Waals surface area contributed by atoms with E-state index in [1.54, 1.807) is 19.2 Å². The zero-order chi connectivity index (χ0) is 24.0. The minimum atomic E-state index is -1.48. The lowest BCUT2D eigenvalue weighted by molar-refractivity contribution is -0.127. The smallest absolute Gasteiger partial charge is 0.176 e. The third-order valence-corrected chi connectivity index (χ3v) is 6.69. The van der Waals surface area contributed by atoms with Gasteiger partial charge in [0, 0.05) is 17.0 Å². The van der Waals surface area contributed by atoms with Crippen molar-refractivity contribution in [2.45, 2.75) is 38.8 Å². The highest BCUT2D eigenvalue weighted by Crippen LogP contribution is 2.56. The molecule has 2 aliphatic heterocycles. The Bertz CT molecular complexity index is 1200. The summed E-state index contributed by atoms with van der Waals surface area (Å²) < 4.78 is 10.9. The molecule has 0 aromatic heterocycles. The van der Waals surface area contributed by atoms with E-state index in [2.05, 4.69) is 12.1 Å². The minimum Gasteiger partial charge on any atom is -0.493 e. The highest BCUT2D eigenvalue weighted by molar-refractivity contribution is 5.96. The third-order valence-electron chi connectivity index (χ3n) is 6.69. The van der Waals surface area contributed by atoms with Crippen LogP contribution in [0.25, 0.3) is 6.08 Å². The number of rotatable bonds is 4. The first-order valence-corrected chi connectivity index (χ1v) is 10.9. The van der Waals surface area contributed by atoms with Gasteiger partial charge < -0.3 is 14.4 Å². The van der Waals surface area contributed by atoms with Crippen LogP contribution in [0.4, 0.5) is 5.69 Å². The number of fused-ring (bicyclic) bond motifs is 3. The Labute approximate surface area is 194 Å². The Hall–Kier alpha value is -3.77. The topological polar surface area (TPSA) is 86.4 Å². The molecule has 0 unspecified atom stereocenters. The molecule has 6 heteroatoms. The van der Waals surface area contributed by atoms with Crippen LogP contribution in [-0.4, -0.2) is 32.1 Å². The van der Waals surface area contributed by atoms with Crippen molar-refractivity contribution in [1.29, 1.82) is 10.5 Å².